The highest BCUT2D eigenvalue weighted by atomic mass is 31.2. The van der Waals surface area contributed by atoms with E-state index in [0.29, 0.717) is 16.0 Å². The van der Waals surface area contributed by atoms with Gasteiger partial charge in [-0.1, -0.05) is 74.5 Å². The Morgan fingerprint density at radius 3 is 1.68 bits per heavy atom. The smallest absolute Gasteiger partial charge is 0.303 e. The van der Waals surface area contributed by atoms with Crippen LogP contribution in [0.15, 0.2) is 60.7 Å². The summed E-state index contributed by atoms with van der Waals surface area (Å²) in [5, 5.41) is 0. The molecule has 0 aliphatic rings. The van der Waals surface area contributed by atoms with Gasteiger partial charge in [0.15, 0.2) is 0 Å². The topological polar surface area (TPSA) is 104 Å². The summed E-state index contributed by atoms with van der Waals surface area (Å²) in [6.07, 6.45) is 0. The Balaban J connectivity index is 0.00000190. The number of rotatable bonds is 6. The molecule has 8 heteroatoms. The van der Waals surface area contributed by atoms with E-state index in [4.69, 9.17) is 9.79 Å². The van der Waals surface area contributed by atoms with Crippen molar-refractivity contribution >= 4 is 19.6 Å². The van der Waals surface area contributed by atoms with Crippen LogP contribution in [0.25, 0.3) is 0 Å². The zero-order chi connectivity index (χ0) is 21.4. The number of carbonyl (C=O) groups excluding carboxylic acids is 2. The van der Waals surface area contributed by atoms with E-state index >= 15 is 0 Å². The molecule has 2 rings (SSSR count). The number of carbonyl (C=O) groups is 2. The molecule has 0 radical (unpaired) electrons. The lowest BCUT2D eigenvalue weighted by Crippen LogP contribution is -2.48. The fourth-order valence-electron chi connectivity index (χ4n) is 2.65. The van der Waals surface area contributed by atoms with E-state index in [0.717, 1.165) is 6.92 Å². The zero-order valence-electron chi connectivity index (χ0n) is 16.4. The number of nitrogens with zero attached hydrogens (tertiary/aromatic N) is 1. The Morgan fingerprint density at radius 2 is 1.36 bits per heavy atom. The normalized spacial score (nSPS) is 11.2. The Morgan fingerprint density at radius 1 is 0.964 bits per heavy atom. The van der Waals surface area contributed by atoms with Crippen LogP contribution < -0.4 is 0 Å². The van der Waals surface area contributed by atoms with E-state index < -0.39 is 31.8 Å². The molecule has 0 aromatic heterocycles. The summed E-state index contributed by atoms with van der Waals surface area (Å²) in [5.41, 5.74) is 0.0316. The molecule has 0 unspecified atom stereocenters. The van der Waals surface area contributed by atoms with Gasteiger partial charge in [-0.05, 0) is 18.1 Å². The number of imide groups is 1. The molecule has 0 heterocycles. The van der Waals surface area contributed by atoms with Crippen molar-refractivity contribution < 1.29 is 28.5 Å². The number of hydrogen-bond donors (Lipinski definition) is 2. The number of benzene rings is 2. The third-order valence-electron chi connectivity index (χ3n) is 4.11. The van der Waals surface area contributed by atoms with Gasteiger partial charge in [0.25, 0.3) is 0 Å². The van der Waals surface area contributed by atoms with Gasteiger partial charge in [0, 0.05) is 6.92 Å². The quantitative estimate of drug-likeness (QED) is 0.561. The molecule has 2 amide bonds. The van der Waals surface area contributed by atoms with Crippen molar-refractivity contribution in [3.63, 3.8) is 0 Å². The highest BCUT2D eigenvalue weighted by Gasteiger charge is 2.41. The van der Waals surface area contributed by atoms with Crippen LogP contribution in [0.1, 0.15) is 38.8 Å². The second-order valence-corrected chi connectivity index (χ2v) is 7.10. The number of phosphoric acid groups is 1. The minimum absolute atomic E-state index is 0.638. The fourth-order valence-corrected chi connectivity index (χ4v) is 2.92. The van der Waals surface area contributed by atoms with Crippen molar-refractivity contribution in [3.8, 4) is 0 Å². The molecular weight excluding hydrogens is 381 g/mol. The second kappa shape index (κ2) is 10.3. The van der Waals surface area contributed by atoms with Crippen molar-refractivity contribution in [1.29, 1.82) is 0 Å². The van der Waals surface area contributed by atoms with E-state index in [1.807, 2.05) is 13.8 Å². The average molecular weight is 407 g/mol. The summed E-state index contributed by atoms with van der Waals surface area (Å²) in [6, 6.07) is 17.7. The molecule has 0 saturated heterocycles. The lowest BCUT2D eigenvalue weighted by molar-refractivity contribution is -0.150. The molecule has 2 N–H and O–H groups in total. The second-order valence-electron chi connectivity index (χ2n) is 5.86. The molecule has 0 spiro atoms. The largest absolute Gasteiger partial charge is 0.471 e. The Labute approximate surface area is 165 Å². The number of phosphoric ester groups is 1. The lowest BCUT2D eigenvalue weighted by Gasteiger charge is -2.34. The van der Waals surface area contributed by atoms with Crippen LogP contribution in [0.4, 0.5) is 0 Å². The average Bonchev–Trinajstić information content (AvgIpc) is 2.69. The van der Waals surface area contributed by atoms with Crippen molar-refractivity contribution in [3.05, 3.63) is 71.8 Å². The first-order chi connectivity index (χ1) is 13.2. The van der Waals surface area contributed by atoms with Gasteiger partial charge in [-0.3, -0.25) is 19.0 Å². The highest BCUT2D eigenvalue weighted by molar-refractivity contribution is 7.46. The first-order valence-corrected chi connectivity index (χ1v) is 10.3. The molecule has 0 aliphatic heterocycles. The van der Waals surface area contributed by atoms with E-state index in [1.54, 1.807) is 67.6 Å². The maximum absolute atomic E-state index is 13.3. The third kappa shape index (κ3) is 5.84. The van der Waals surface area contributed by atoms with Crippen molar-refractivity contribution in [2.45, 2.75) is 33.1 Å². The van der Waals surface area contributed by atoms with Crippen LogP contribution in [-0.2, 0) is 24.1 Å². The zero-order valence-corrected chi connectivity index (χ0v) is 17.3. The van der Waals surface area contributed by atoms with Crippen LogP contribution in [0, 0.1) is 0 Å². The maximum atomic E-state index is 13.3. The van der Waals surface area contributed by atoms with Crippen molar-refractivity contribution in [2.24, 2.45) is 0 Å². The summed E-state index contributed by atoms with van der Waals surface area (Å²) in [6.45, 7) is 5.96. The Bertz CT molecular complexity index is 780. The fraction of sp³-hybridized carbons (Fsp3) is 0.300. The van der Waals surface area contributed by atoms with Crippen LogP contribution >= 0.6 is 7.82 Å². The van der Waals surface area contributed by atoms with Gasteiger partial charge in [0.2, 0.25) is 11.8 Å². The summed E-state index contributed by atoms with van der Waals surface area (Å²) in [5.74, 6) is -1.32. The number of hydrogen-bond acceptors (Lipinski definition) is 4. The standard InChI is InChI=1S/C18H20NO6P.C2H6/c1-14(20)19(13-25-26(22,23)24)17(21)18(2,15-9-5-3-6-10-15)16-11-7-4-8-12-16;1-2/h3-12H,13H2,1-2H3,(H2,22,23,24);1-2H3. The monoisotopic (exact) mass is 407 g/mol. The summed E-state index contributed by atoms with van der Waals surface area (Å²) >= 11 is 0. The van der Waals surface area contributed by atoms with Gasteiger partial charge in [0.1, 0.15) is 6.73 Å². The first-order valence-electron chi connectivity index (χ1n) is 8.80. The molecule has 2 aromatic rings. The highest BCUT2D eigenvalue weighted by Crippen LogP contribution is 2.38. The van der Waals surface area contributed by atoms with Gasteiger partial charge in [-0.2, -0.15) is 0 Å². The Kier molecular flexibility index (Phi) is 8.72. The Hall–Kier alpha value is -2.31. The third-order valence-corrected chi connectivity index (χ3v) is 4.56. The predicted octanol–water partition coefficient (Wildman–Crippen LogP) is 3.46. The molecule has 152 valence electrons. The van der Waals surface area contributed by atoms with Gasteiger partial charge in [0.05, 0.1) is 5.41 Å². The summed E-state index contributed by atoms with van der Waals surface area (Å²) in [4.78, 5) is 43.8. The van der Waals surface area contributed by atoms with Crippen molar-refractivity contribution in [2.75, 3.05) is 6.73 Å². The molecule has 0 saturated carbocycles. The molecule has 28 heavy (non-hydrogen) atoms. The van der Waals surface area contributed by atoms with E-state index in [-0.39, 0.29) is 0 Å². The van der Waals surface area contributed by atoms with E-state index in [2.05, 4.69) is 4.52 Å². The van der Waals surface area contributed by atoms with Crippen LogP contribution in [0.3, 0.4) is 0 Å². The molecular formula is C20H26NO6P. The van der Waals surface area contributed by atoms with Crippen LogP contribution in [-0.4, -0.2) is 33.2 Å². The first kappa shape index (κ1) is 23.7. The van der Waals surface area contributed by atoms with Crippen molar-refractivity contribution in [1.82, 2.24) is 4.90 Å². The minimum Gasteiger partial charge on any atom is -0.303 e. The van der Waals surface area contributed by atoms with E-state index in [1.165, 1.54) is 0 Å². The molecule has 0 fully saturated rings. The summed E-state index contributed by atoms with van der Waals surface area (Å²) < 4.78 is 15.4. The van der Waals surface area contributed by atoms with Crippen LogP contribution in [0.2, 0.25) is 0 Å². The SMILES string of the molecule is CC.CC(=O)N(COP(=O)(O)O)C(=O)C(C)(c1ccccc1)c1ccccc1. The lowest BCUT2D eigenvalue weighted by atomic mass is 9.75. The molecule has 7 nitrogen and oxygen atoms in total. The van der Waals surface area contributed by atoms with E-state index in [9.17, 15) is 14.2 Å². The molecule has 0 atom stereocenters. The number of amides is 2. The van der Waals surface area contributed by atoms with Crippen LogP contribution in [0.5, 0.6) is 0 Å². The van der Waals surface area contributed by atoms with Gasteiger partial charge in [-0.15, -0.1) is 0 Å². The van der Waals surface area contributed by atoms with Gasteiger partial charge >= 0.3 is 7.82 Å². The molecule has 2 aromatic carbocycles. The van der Waals surface area contributed by atoms with Gasteiger partial charge in [-0.25, -0.2) is 4.57 Å². The molecule has 0 bridgehead atoms. The predicted molar refractivity (Wildman–Crippen MR) is 106 cm³/mol. The van der Waals surface area contributed by atoms with Gasteiger partial charge < -0.3 is 9.79 Å². The minimum atomic E-state index is -4.84. The maximum Gasteiger partial charge on any atom is 0.471 e. The summed E-state index contributed by atoms with van der Waals surface area (Å²) in [7, 11) is -4.84. The molecule has 0 aliphatic carbocycles.